The number of anilines is 1. The van der Waals surface area contributed by atoms with Gasteiger partial charge in [0, 0.05) is 28.0 Å². The third kappa shape index (κ3) is 3.89. The van der Waals surface area contributed by atoms with Gasteiger partial charge < -0.3 is 19.2 Å². The number of carbonyl (C=O) groups excluding carboxylic acids is 1. The second-order valence-electron chi connectivity index (χ2n) is 7.02. The molecule has 4 aromatic rings. The molecule has 0 spiro atoms. The number of furan rings is 1. The van der Waals surface area contributed by atoms with E-state index in [1.807, 2.05) is 30.5 Å². The Balaban J connectivity index is 1.51. The van der Waals surface area contributed by atoms with Gasteiger partial charge in [-0.2, -0.15) is 0 Å². The van der Waals surface area contributed by atoms with Crippen LogP contribution in [-0.4, -0.2) is 25.1 Å². The number of hydrogen-bond donors (Lipinski definition) is 1. The minimum absolute atomic E-state index is 0.140. The number of hydrogen-bond acceptors (Lipinski definition) is 6. The van der Waals surface area contributed by atoms with Gasteiger partial charge in [0.25, 0.3) is 0 Å². The van der Waals surface area contributed by atoms with Crippen molar-refractivity contribution in [1.29, 1.82) is 0 Å². The van der Waals surface area contributed by atoms with Gasteiger partial charge in [-0.1, -0.05) is 0 Å². The van der Waals surface area contributed by atoms with E-state index in [2.05, 4.69) is 23.3 Å². The zero-order valence-corrected chi connectivity index (χ0v) is 18.1. The molecule has 0 radical (unpaired) electrons. The summed E-state index contributed by atoms with van der Waals surface area (Å²) in [5.41, 5.74) is 5.56. The van der Waals surface area contributed by atoms with Gasteiger partial charge >= 0.3 is 0 Å². The molecule has 6 nitrogen and oxygen atoms in total. The highest BCUT2D eigenvalue weighted by atomic mass is 32.1. The molecule has 0 aliphatic rings. The summed E-state index contributed by atoms with van der Waals surface area (Å²) in [7, 11) is 3.21. The number of amides is 1. The van der Waals surface area contributed by atoms with E-state index < -0.39 is 0 Å². The number of aromatic nitrogens is 1. The Hall–Kier alpha value is -3.32. The first-order valence-electron chi connectivity index (χ1n) is 9.43. The summed E-state index contributed by atoms with van der Waals surface area (Å²) >= 11 is 1.37. The highest BCUT2D eigenvalue weighted by molar-refractivity contribution is 7.14. The van der Waals surface area contributed by atoms with Crippen molar-refractivity contribution >= 4 is 33.3 Å². The Morgan fingerprint density at radius 2 is 1.93 bits per heavy atom. The maximum atomic E-state index is 12.6. The number of thiazole rings is 1. The van der Waals surface area contributed by atoms with Crippen molar-refractivity contribution in [1.82, 2.24) is 4.98 Å². The third-order valence-corrected chi connectivity index (χ3v) is 5.81. The van der Waals surface area contributed by atoms with E-state index in [9.17, 15) is 4.79 Å². The molecule has 2 aromatic carbocycles. The second kappa shape index (κ2) is 8.20. The normalized spacial score (nSPS) is 10.9. The van der Waals surface area contributed by atoms with E-state index in [0.717, 1.165) is 33.4 Å². The first-order chi connectivity index (χ1) is 14.5. The Morgan fingerprint density at radius 3 is 2.70 bits per heavy atom. The Kier molecular flexibility index (Phi) is 5.46. The van der Waals surface area contributed by atoms with Crippen LogP contribution in [0.3, 0.4) is 0 Å². The van der Waals surface area contributed by atoms with Crippen LogP contribution in [0, 0.1) is 13.8 Å². The first kappa shape index (κ1) is 20.0. The molecule has 2 heterocycles. The van der Waals surface area contributed by atoms with E-state index >= 15 is 0 Å². The number of nitrogens with zero attached hydrogens (tertiary/aromatic N) is 1. The lowest BCUT2D eigenvalue weighted by atomic mass is 10.0. The molecule has 154 valence electrons. The van der Waals surface area contributed by atoms with Crippen LogP contribution in [0.2, 0.25) is 0 Å². The summed E-state index contributed by atoms with van der Waals surface area (Å²) in [6.07, 6.45) is 1.87. The van der Waals surface area contributed by atoms with E-state index in [4.69, 9.17) is 13.9 Å². The lowest BCUT2D eigenvalue weighted by Gasteiger charge is -2.08. The minimum atomic E-state index is -0.140. The van der Waals surface area contributed by atoms with Crippen molar-refractivity contribution in [3.63, 3.8) is 0 Å². The third-order valence-electron chi connectivity index (χ3n) is 5.06. The molecule has 30 heavy (non-hydrogen) atoms. The summed E-state index contributed by atoms with van der Waals surface area (Å²) in [6.45, 7) is 4.09. The number of nitrogens with one attached hydrogen (secondary N) is 1. The van der Waals surface area contributed by atoms with Gasteiger partial charge in [-0.25, -0.2) is 4.98 Å². The lowest BCUT2D eigenvalue weighted by Crippen LogP contribution is -2.14. The maximum absolute atomic E-state index is 12.6. The molecule has 4 rings (SSSR count). The molecule has 0 fully saturated rings. The van der Waals surface area contributed by atoms with E-state index in [1.165, 1.54) is 16.9 Å². The second-order valence-corrected chi connectivity index (χ2v) is 7.88. The van der Waals surface area contributed by atoms with Gasteiger partial charge in [0.2, 0.25) is 5.91 Å². The summed E-state index contributed by atoms with van der Waals surface area (Å²) in [4.78, 5) is 17.1. The number of carbonyl (C=O) groups is 1. The van der Waals surface area contributed by atoms with Crippen LogP contribution < -0.4 is 14.8 Å². The Labute approximate surface area is 178 Å². The van der Waals surface area contributed by atoms with Crippen molar-refractivity contribution in [2.45, 2.75) is 20.3 Å². The first-order valence-corrected chi connectivity index (χ1v) is 10.3. The highest BCUT2D eigenvalue weighted by Crippen LogP contribution is 2.35. The monoisotopic (exact) mass is 422 g/mol. The molecule has 0 saturated heterocycles. The van der Waals surface area contributed by atoms with Crippen LogP contribution in [-0.2, 0) is 11.2 Å². The van der Waals surface area contributed by atoms with Crippen molar-refractivity contribution in [2.75, 3.05) is 19.5 Å². The average Bonchev–Trinajstić information content (AvgIpc) is 3.35. The van der Waals surface area contributed by atoms with Crippen molar-refractivity contribution < 1.29 is 18.7 Å². The fraction of sp³-hybridized carbons (Fsp3) is 0.217. The number of methoxy groups -OCH3 is 2. The minimum Gasteiger partial charge on any atom is -0.497 e. The zero-order valence-electron chi connectivity index (χ0n) is 17.2. The van der Waals surface area contributed by atoms with Crippen LogP contribution in [0.1, 0.15) is 16.7 Å². The quantitative estimate of drug-likeness (QED) is 0.452. The topological polar surface area (TPSA) is 73.6 Å². The van der Waals surface area contributed by atoms with Gasteiger partial charge in [-0.3, -0.25) is 4.79 Å². The summed E-state index contributed by atoms with van der Waals surface area (Å²) in [6, 6.07) is 9.61. The molecular formula is C23H22N2O4S. The molecule has 0 bridgehead atoms. The molecule has 0 unspecified atom stereocenters. The van der Waals surface area contributed by atoms with E-state index in [1.54, 1.807) is 26.5 Å². The molecule has 1 N–H and O–H groups in total. The largest absolute Gasteiger partial charge is 0.497 e. The van der Waals surface area contributed by atoms with Gasteiger partial charge in [-0.15, -0.1) is 11.3 Å². The fourth-order valence-corrected chi connectivity index (χ4v) is 4.00. The molecule has 0 saturated carbocycles. The predicted octanol–water partition coefficient (Wildman–Crippen LogP) is 5.37. The summed E-state index contributed by atoms with van der Waals surface area (Å²) in [5.74, 6) is 1.23. The Morgan fingerprint density at radius 1 is 1.13 bits per heavy atom. The van der Waals surface area contributed by atoms with E-state index in [-0.39, 0.29) is 12.3 Å². The van der Waals surface area contributed by atoms with Crippen LogP contribution in [0.4, 0.5) is 5.13 Å². The van der Waals surface area contributed by atoms with Crippen LogP contribution in [0.5, 0.6) is 11.5 Å². The van der Waals surface area contributed by atoms with Crippen LogP contribution in [0.15, 0.2) is 46.4 Å². The smallest absolute Gasteiger partial charge is 0.230 e. The number of aryl methyl sites for hydroxylation is 2. The number of fused-ring (bicyclic) bond motifs is 1. The van der Waals surface area contributed by atoms with Gasteiger partial charge in [0.1, 0.15) is 17.1 Å². The average molecular weight is 423 g/mol. The van der Waals surface area contributed by atoms with Crippen LogP contribution in [0.25, 0.3) is 22.2 Å². The lowest BCUT2D eigenvalue weighted by molar-refractivity contribution is -0.115. The van der Waals surface area contributed by atoms with E-state index in [0.29, 0.717) is 16.6 Å². The number of ether oxygens (including phenoxy) is 2. The maximum Gasteiger partial charge on any atom is 0.230 e. The van der Waals surface area contributed by atoms with Crippen LogP contribution >= 0.6 is 11.3 Å². The molecule has 7 heteroatoms. The van der Waals surface area contributed by atoms with Crippen molar-refractivity contribution in [2.24, 2.45) is 0 Å². The summed E-state index contributed by atoms with van der Waals surface area (Å²) < 4.78 is 16.3. The molecule has 2 aromatic heterocycles. The van der Waals surface area contributed by atoms with Crippen molar-refractivity contribution in [3.05, 3.63) is 58.7 Å². The Bertz CT molecular complexity index is 1230. The molecule has 1 amide bonds. The SMILES string of the molecule is COc1ccc(-c2csc(NC(=O)Cc3coc4cc(C)c(C)cc34)n2)c(OC)c1. The number of benzene rings is 2. The van der Waals surface area contributed by atoms with Gasteiger partial charge in [0.15, 0.2) is 5.13 Å². The number of rotatable bonds is 6. The molecule has 0 atom stereocenters. The summed E-state index contributed by atoms with van der Waals surface area (Å²) in [5, 5.41) is 6.27. The molecular weight excluding hydrogens is 400 g/mol. The fourth-order valence-electron chi connectivity index (χ4n) is 3.27. The standard InChI is InChI=1S/C23H22N2O4S/c1-13-7-18-15(11-29-21(18)8-14(13)2)9-22(26)25-23-24-19(12-30-23)17-6-5-16(27-3)10-20(17)28-4/h5-8,10-12H,9H2,1-4H3,(H,24,25,26). The predicted molar refractivity (Wildman–Crippen MR) is 119 cm³/mol. The highest BCUT2D eigenvalue weighted by Gasteiger charge is 2.15. The van der Waals surface area contributed by atoms with Crippen molar-refractivity contribution in [3.8, 4) is 22.8 Å². The van der Waals surface area contributed by atoms with Gasteiger partial charge in [-0.05, 0) is 49.2 Å². The zero-order chi connectivity index (χ0) is 21.3. The molecule has 0 aliphatic carbocycles. The molecule has 0 aliphatic heterocycles. The van der Waals surface area contributed by atoms with Gasteiger partial charge in [0.05, 0.1) is 32.6 Å².